The molecule has 3 rings (SSSR count). The Morgan fingerprint density at radius 2 is 2.26 bits per heavy atom. The third-order valence-corrected chi connectivity index (χ3v) is 3.73. The van der Waals surface area contributed by atoms with Crippen LogP contribution in [0, 0.1) is 12.8 Å². The molecule has 4 nitrogen and oxygen atoms in total. The molecule has 1 fully saturated rings. The fourth-order valence-corrected chi connectivity index (χ4v) is 2.58. The molecule has 98 valence electrons. The molecule has 19 heavy (non-hydrogen) atoms. The molecule has 2 N–H and O–H groups in total. The maximum Gasteiger partial charge on any atom is 0.229 e. The van der Waals surface area contributed by atoms with Crippen LogP contribution in [-0.4, -0.2) is 16.1 Å². The number of nitrogens with zero attached hydrogens (tertiary/aromatic N) is 1. The summed E-state index contributed by atoms with van der Waals surface area (Å²) in [7, 11) is 0. The van der Waals surface area contributed by atoms with Crippen LogP contribution < -0.4 is 5.32 Å². The molecule has 1 aliphatic carbocycles. The minimum Gasteiger partial charge on any atom is -0.309 e. The van der Waals surface area contributed by atoms with E-state index in [1.54, 1.807) is 0 Å². The van der Waals surface area contributed by atoms with Crippen molar-refractivity contribution in [1.29, 1.82) is 0 Å². The molecule has 1 aromatic carbocycles. The molecule has 2 atom stereocenters. The van der Waals surface area contributed by atoms with E-state index >= 15 is 0 Å². The number of amides is 1. The second kappa shape index (κ2) is 4.70. The van der Waals surface area contributed by atoms with E-state index in [4.69, 9.17) is 11.6 Å². The van der Waals surface area contributed by atoms with Crippen LogP contribution in [0.5, 0.6) is 0 Å². The number of aromatic amines is 1. The van der Waals surface area contributed by atoms with Crippen molar-refractivity contribution in [3.63, 3.8) is 0 Å². The minimum atomic E-state index is -0.00286. The lowest BCUT2D eigenvalue weighted by molar-refractivity contribution is -0.117. The Morgan fingerprint density at radius 3 is 2.95 bits per heavy atom. The highest BCUT2D eigenvalue weighted by Gasteiger charge is 2.44. The van der Waals surface area contributed by atoms with Gasteiger partial charge < -0.3 is 5.32 Å². The Labute approximate surface area is 116 Å². The van der Waals surface area contributed by atoms with E-state index in [2.05, 4.69) is 15.5 Å². The first-order chi connectivity index (χ1) is 9.15. The monoisotopic (exact) mass is 275 g/mol. The van der Waals surface area contributed by atoms with Crippen molar-refractivity contribution in [3.05, 3.63) is 46.6 Å². The summed E-state index contributed by atoms with van der Waals surface area (Å²) in [6.07, 6.45) is 0.846. The molecule has 1 aliphatic rings. The molecule has 0 spiro atoms. The third-order valence-electron chi connectivity index (χ3n) is 3.39. The fourth-order valence-electron chi connectivity index (χ4n) is 2.31. The van der Waals surface area contributed by atoms with Gasteiger partial charge in [-0.05, 0) is 30.9 Å². The zero-order valence-corrected chi connectivity index (χ0v) is 11.2. The fraction of sp³-hybridized carbons (Fsp3) is 0.286. The molecule has 0 aliphatic heterocycles. The maximum atomic E-state index is 12.1. The SMILES string of the molecule is Cc1cc(NC(=O)C2CC2c2ccccc2Cl)n[nH]1. The number of hydrogen-bond donors (Lipinski definition) is 2. The quantitative estimate of drug-likeness (QED) is 0.904. The zero-order valence-electron chi connectivity index (χ0n) is 10.5. The van der Waals surface area contributed by atoms with Crippen molar-refractivity contribution in [1.82, 2.24) is 10.2 Å². The summed E-state index contributed by atoms with van der Waals surface area (Å²) >= 11 is 6.14. The third kappa shape index (κ3) is 2.49. The smallest absolute Gasteiger partial charge is 0.229 e. The second-order valence-electron chi connectivity index (χ2n) is 4.90. The number of H-pyrrole nitrogens is 1. The van der Waals surface area contributed by atoms with Crippen molar-refractivity contribution in [3.8, 4) is 0 Å². The van der Waals surface area contributed by atoms with Crippen molar-refractivity contribution in [2.24, 2.45) is 5.92 Å². The predicted octanol–water partition coefficient (Wildman–Crippen LogP) is 3.11. The summed E-state index contributed by atoms with van der Waals surface area (Å²) in [5, 5.41) is 10.4. The largest absolute Gasteiger partial charge is 0.309 e. The van der Waals surface area contributed by atoms with Gasteiger partial charge in [0, 0.05) is 22.7 Å². The predicted molar refractivity (Wildman–Crippen MR) is 74.3 cm³/mol. The molecular weight excluding hydrogens is 262 g/mol. The van der Waals surface area contributed by atoms with Crippen LogP contribution >= 0.6 is 11.6 Å². The summed E-state index contributed by atoms with van der Waals surface area (Å²) in [4.78, 5) is 12.1. The molecule has 1 saturated carbocycles. The first-order valence-corrected chi connectivity index (χ1v) is 6.60. The van der Waals surface area contributed by atoms with Crippen LogP contribution in [0.2, 0.25) is 5.02 Å². The van der Waals surface area contributed by atoms with Crippen molar-refractivity contribution in [2.75, 3.05) is 5.32 Å². The number of aromatic nitrogens is 2. The standard InChI is InChI=1S/C14H14ClN3O/c1-8-6-13(18-17-8)16-14(19)11-7-10(11)9-4-2-3-5-12(9)15/h2-6,10-11H,7H2,1H3,(H2,16,17,18,19). The molecular formula is C14H14ClN3O. The summed E-state index contributed by atoms with van der Waals surface area (Å²) < 4.78 is 0. The Balaban J connectivity index is 1.66. The summed E-state index contributed by atoms with van der Waals surface area (Å²) in [6.45, 7) is 1.90. The molecule has 0 bridgehead atoms. The molecule has 5 heteroatoms. The lowest BCUT2D eigenvalue weighted by atomic mass is 10.1. The Hall–Kier alpha value is -1.81. The highest BCUT2D eigenvalue weighted by Crippen LogP contribution is 2.49. The van der Waals surface area contributed by atoms with E-state index in [0.29, 0.717) is 5.82 Å². The van der Waals surface area contributed by atoms with Gasteiger partial charge in [-0.1, -0.05) is 29.8 Å². The molecule has 2 aromatic rings. The first-order valence-electron chi connectivity index (χ1n) is 6.22. The van der Waals surface area contributed by atoms with Crippen LogP contribution in [0.15, 0.2) is 30.3 Å². The van der Waals surface area contributed by atoms with E-state index in [1.165, 1.54) is 0 Å². The van der Waals surface area contributed by atoms with Gasteiger partial charge in [-0.25, -0.2) is 0 Å². The van der Waals surface area contributed by atoms with E-state index in [0.717, 1.165) is 22.7 Å². The normalized spacial score (nSPS) is 21.2. The van der Waals surface area contributed by atoms with Crippen LogP contribution in [-0.2, 0) is 4.79 Å². The van der Waals surface area contributed by atoms with E-state index in [9.17, 15) is 4.79 Å². The average Bonchev–Trinajstić information content (AvgIpc) is 3.08. The number of benzene rings is 1. The van der Waals surface area contributed by atoms with Gasteiger partial charge in [0.1, 0.15) is 0 Å². The van der Waals surface area contributed by atoms with Gasteiger partial charge in [0.2, 0.25) is 5.91 Å². The summed E-state index contributed by atoms with van der Waals surface area (Å²) in [6, 6.07) is 9.51. The molecule has 0 radical (unpaired) electrons. The zero-order chi connectivity index (χ0) is 13.4. The molecule has 1 aromatic heterocycles. The Morgan fingerprint density at radius 1 is 1.47 bits per heavy atom. The van der Waals surface area contributed by atoms with Crippen LogP contribution in [0.4, 0.5) is 5.82 Å². The van der Waals surface area contributed by atoms with Crippen molar-refractivity contribution in [2.45, 2.75) is 19.3 Å². The summed E-state index contributed by atoms with van der Waals surface area (Å²) in [5.41, 5.74) is 1.98. The maximum absolute atomic E-state index is 12.1. The van der Waals surface area contributed by atoms with E-state index in [1.807, 2.05) is 37.3 Å². The molecule has 0 saturated heterocycles. The summed E-state index contributed by atoms with van der Waals surface area (Å²) in [5.74, 6) is 0.814. The van der Waals surface area contributed by atoms with E-state index < -0.39 is 0 Å². The number of aryl methyl sites for hydroxylation is 1. The van der Waals surface area contributed by atoms with Crippen molar-refractivity contribution >= 4 is 23.3 Å². The Kier molecular flexibility index (Phi) is 3.03. The van der Waals surface area contributed by atoms with Crippen molar-refractivity contribution < 1.29 is 4.79 Å². The number of carbonyl (C=O) groups excluding carboxylic acids is 1. The highest BCUT2D eigenvalue weighted by atomic mass is 35.5. The number of rotatable bonds is 3. The van der Waals surface area contributed by atoms with Crippen LogP contribution in [0.25, 0.3) is 0 Å². The minimum absolute atomic E-state index is 0.00286. The molecule has 1 heterocycles. The number of nitrogens with one attached hydrogen (secondary N) is 2. The lowest BCUT2D eigenvalue weighted by Gasteiger charge is -2.03. The van der Waals surface area contributed by atoms with Gasteiger partial charge in [0.05, 0.1) is 0 Å². The average molecular weight is 276 g/mol. The van der Waals surface area contributed by atoms with Gasteiger partial charge in [-0.3, -0.25) is 9.89 Å². The molecule has 1 amide bonds. The molecule has 2 unspecified atom stereocenters. The van der Waals surface area contributed by atoms with Gasteiger partial charge in [-0.15, -0.1) is 0 Å². The Bertz CT molecular complexity index is 623. The number of carbonyl (C=O) groups is 1. The second-order valence-corrected chi connectivity index (χ2v) is 5.30. The van der Waals surface area contributed by atoms with Gasteiger partial charge >= 0.3 is 0 Å². The van der Waals surface area contributed by atoms with E-state index in [-0.39, 0.29) is 17.7 Å². The first kappa shape index (κ1) is 12.2. The number of anilines is 1. The number of hydrogen-bond acceptors (Lipinski definition) is 2. The highest BCUT2D eigenvalue weighted by molar-refractivity contribution is 6.31. The lowest BCUT2D eigenvalue weighted by Crippen LogP contribution is -2.14. The van der Waals surface area contributed by atoms with Crippen LogP contribution in [0.1, 0.15) is 23.6 Å². The van der Waals surface area contributed by atoms with Gasteiger partial charge in [-0.2, -0.15) is 5.10 Å². The van der Waals surface area contributed by atoms with Gasteiger partial charge in [0.25, 0.3) is 0 Å². The van der Waals surface area contributed by atoms with Gasteiger partial charge in [0.15, 0.2) is 5.82 Å². The number of halogens is 1. The topological polar surface area (TPSA) is 57.8 Å². The van der Waals surface area contributed by atoms with Crippen LogP contribution in [0.3, 0.4) is 0 Å².